The number of halogens is 1. The van der Waals surface area contributed by atoms with Gasteiger partial charge in [-0.1, -0.05) is 24.6 Å². The molecule has 0 unspecified atom stereocenters. The molecule has 2 aromatic carbocycles. The lowest BCUT2D eigenvalue weighted by atomic mass is 10.1. The molecule has 0 fully saturated rings. The molecule has 0 heterocycles. The number of carbonyl (C=O) groups excluding carboxylic acids is 2. The van der Waals surface area contributed by atoms with Crippen LogP contribution in [0.25, 0.3) is 0 Å². The molecular formula is C17H15ClNO4-. The topological polar surface area (TPSA) is 78.5 Å². The SMILES string of the molecule is CCCOc1cccc(C(=O)Nc2ccc(Cl)cc2C(=O)[O-])c1. The third-order valence-electron chi connectivity index (χ3n) is 3.02. The van der Waals surface area contributed by atoms with Crippen LogP contribution in [0, 0.1) is 0 Å². The fraction of sp³-hybridized carbons (Fsp3) is 0.176. The van der Waals surface area contributed by atoms with Crippen LogP contribution in [0.2, 0.25) is 5.02 Å². The molecule has 0 saturated heterocycles. The van der Waals surface area contributed by atoms with E-state index in [9.17, 15) is 14.7 Å². The van der Waals surface area contributed by atoms with Crippen molar-refractivity contribution in [3.05, 3.63) is 58.6 Å². The summed E-state index contributed by atoms with van der Waals surface area (Å²) in [6, 6.07) is 10.8. The number of aromatic carboxylic acids is 1. The van der Waals surface area contributed by atoms with Gasteiger partial charge in [0, 0.05) is 16.1 Å². The van der Waals surface area contributed by atoms with Crippen molar-refractivity contribution < 1.29 is 19.4 Å². The summed E-state index contributed by atoms with van der Waals surface area (Å²) >= 11 is 5.76. The maximum atomic E-state index is 12.3. The van der Waals surface area contributed by atoms with Gasteiger partial charge in [-0.05, 0) is 42.8 Å². The Balaban J connectivity index is 2.21. The molecule has 0 aromatic heterocycles. The minimum Gasteiger partial charge on any atom is -0.545 e. The Labute approximate surface area is 138 Å². The molecule has 23 heavy (non-hydrogen) atoms. The molecule has 0 atom stereocenters. The maximum Gasteiger partial charge on any atom is 0.255 e. The highest BCUT2D eigenvalue weighted by Gasteiger charge is 2.11. The third-order valence-corrected chi connectivity index (χ3v) is 3.25. The normalized spacial score (nSPS) is 10.2. The summed E-state index contributed by atoms with van der Waals surface area (Å²) in [5.41, 5.74) is 0.307. The zero-order chi connectivity index (χ0) is 16.8. The first-order chi connectivity index (χ1) is 11.0. The van der Waals surface area contributed by atoms with Crippen LogP contribution in [0.4, 0.5) is 5.69 Å². The van der Waals surface area contributed by atoms with Crippen molar-refractivity contribution in [1.29, 1.82) is 0 Å². The molecule has 0 bridgehead atoms. The second-order valence-corrected chi connectivity index (χ2v) is 5.24. The number of nitrogens with one attached hydrogen (secondary N) is 1. The van der Waals surface area contributed by atoms with Crippen molar-refractivity contribution in [3.8, 4) is 5.75 Å². The van der Waals surface area contributed by atoms with E-state index in [1.807, 2.05) is 6.92 Å². The Bertz CT molecular complexity index is 730. The number of benzene rings is 2. The molecule has 0 aliphatic carbocycles. The number of ether oxygens (including phenoxy) is 1. The molecule has 120 valence electrons. The van der Waals surface area contributed by atoms with Gasteiger partial charge in [-0.15, -0.1) is 0 Å². The smallest absolute Gasteiger partial charge is 0.255 e. The van der Waals surface area contributed by atoms with E-state index in [1.165, 1.54) is 18.2 Å². The fourth-order valence-corrected chi connectivity index (χ4v) is 2.11. The van der Waals surface area contributed by atoms with Crippen LogP contribution in [-0.4, -0.2) is 18.5 Å². The first-order valence-electron chi connectivity index (χ1n) is 7.06. The zero-order valence-corrected chi connectivity index (χ0v) is 13.2. The predicted octanol–water partition coefficient (Wildman–Crippen LogP) is 2.74. The average Bonchev–Trinajstić information content (AvgIpc) is 2.54. The Kier molecular flexibility index (Phi) is 5.60. The van der Waals surface area contributed by atoms with E-state index in [0.29, 0.717) is 17.9 Å². The first kappa shape index (κ1) is 16.8. The molecule has 2 rings (SSSR count). The first-order valence-corrected chi connectivity index (χ1v) is 7.44. The van der Waals surface area contributed by atoms with Crippen LogP contribution >= 0.6 is 11.6 Å². The summed E-state index contributed by atoms with van der Waals surface area (Å²) in [7, 11) is 0. The highest BCUT2D eigenvalue weighted by Crippen LogP contribution is 2.21. The van der Waals surface area contributed by atoms with Crippen molar-refractivity contribution in [3.63, 3.8) is 0 Å². The summed E-state index contributed by atoms with van der Waals surface area (Å²) in [5.74, 6) is -1.28. The predicted molar refractivity (Wildman–Crippen MR) is 86.0 cm³/mol. The lowest BCUT2D eigenvalue weighted by Gasteiger charge is -2.13. The Morgan fingerprint density at radius 3 is 2.70 bits per heavy atom. The van der Waals surface area contributed by atoms with Gasteiger partial charge in [-0.2, -0.15) is 0 Å². The highest BCUT2D eigenvalue weighted by atomic mass is 35.5. The molecular weight excluding hydrogens is 318 g/mol. The molecule has 0 saturated carbocycles. The van der Waals surface area contributed by atoms with Crippen LogP contribution in [0.15, 0.2) is 42.5 Å². The maximum absolute atomic E-state index is 12.3. The molecule has 0 aliphatic rings. The van der Waals surface area contributed by atoms with E-state index in [4.69, 9.17) is 16.3 Å². The van der Waals surface area contributed by atoms with Crippen molar-refractivity contribution in [2.75, 3.05) is 11.9 Å². The number of hydrogen-bond acceptors (Lipinski definition) is 4. The molecule has 1 amide bonds. The van der Waals surface area contributed by atoms with Gasteiger partial charge in [0.05, 0.1) is 18.3 Å². The van der Waals surface area contributed by atoms with Crippen molar-refractivity contribution >= 4 is 29.2 Å². The number of rotatable bonds is 6. The van der Waals surface area contributed by atoms with Gasteiger partial charge in [0.15, 0.2) is 0 Å². The van der Waals surface area contributed by atoms with Gasteiger partial charge in [-0.3, -0.25) is 4.79 Å². The molecule has 5 nitrogen and oxygen atoms in total. The monoisotopic (exact) mass is 332 g/mol. The largest absolute Gasteiger partial charge is 0.545 e. The minimum atomic E-state index is -1.41. The summed E-state index contributed by atoms with van der Waals surface area (Å²) in [6.45, 7) is 2.54. The Morgan fingerprint density at radius 1 is 1.22 bits per heavy atom. The van der Waals surface area contributed by atoms with Gasteiger partial charge < -0.3 is 20.0 Å². The third kappa shape index (κ3) is 4.47. The second kappa shape index (κ2) is 7.65. The summed E-state index contributed by atoms with van der Waals surface area (Å²) in [6.07, 6.45) is 0.857. The highest BCUT2D eigenvalue weighted by molar-refractivity contribution is 6.31. The molecule has 0 spiro atoms. The summed E-state index contributed by atoms with van der Waals surface area (Å²) in [5, 5.41) is 13.9. The Morgan fingerprint density at radius 2 is 2.00 bits per heavy atom. The molecule has 0 radical (unpaired) electrons. The van der Waals surface area contributed by atoms with E-state index >= 15 is 0 Å². The van der Waals surface area contributed by atoms with Crippen molar-refractivity contribution in [2.24, 2.45) is 0 Å². The van der Waals surface area contributed by atoms with Gasteiger partial charge >= 0.3 is 0 Å². The number of carboxylic acids is 1. The number of hydrogen-bond donors (Lipinski definition) is 1. The Hall–Kier alpha value is -2.53. The summed E-state index contributed by atoms with van der Waals surface area (Å²) in [4.78, 5) is 23.4. The van der Waals surface area contributed by atoms with Crippen molar-refractivity contribution in [1.82, 2.24) is 0 Å². The van der Waals surface area contributed by atoms with Crippen LogP contribution in [0.1, 0.15) is 34.1 Å². The lowest BCUT2D eigenvalue weighted by Crippen LogP contribution is -2.25. The van der Waals surface area contributed by atoms with Crippen molar-refractivity contribution in [2.45, 2.75) is 13.3 Å². The van der Waals surface area contributed by atoms with E-state index in [0.717, 1.165) is 6.42 Å². The van der Waals surface area contributed by atoms with Gasteiger partial charge in [0.2, 0.25) is 0 Å². The fourth-order valence-electron chi connectivity index (χ4n) is 1.94. The number of amides is 1. The van der Waals surface area contributed by atoms with E-state index in [1.54, 1.807) is 24.3 Å². The quantitative estimate of drug-likeness (QED) is 0.882. The lowest BCUT2D eigenvalue weighted by molar-refractivity contribution is -0.254. The zero-order valence-electron chi connectivity index (χ0n) is 12.5. The van der Waals surface area contributed by atoms with E-state index < -0.39 is 11.9 Å². The van der Waals surface area contributed by atoms with E-state index in [-0.39, 0.29) is 16.3 Å². The molecule has 1 N–H and O–H groups in total. The molecule has 6 heteroatoms. The molecule has 0 aliphatic heterocycles. The second-order valence-electron chi connectivity index (χ2n) is 4.81. The average molecular weight is 333 g/mol. The van der Waals surface area contributed by atoms with Gasteiger partial charge in [0.1, 0.15) is 5.75 Å². The summed E-state index contributed by atoms with van der Waals surface area (Å²) < 4.78 is 5.47. The van der Waals surface area contributed by atoms with Crippen LogP contribution < -0.4 is 15.2 Å². The van der Waals surface area contributed by atoms with Crippen LogP contribution in [0.5, 0.6) is 5.75 Å². The van der Waals surface area contributed by atoms with Gasteiger partial charge in [-0.25, -0.2) is 0 Å². The van der Waals surface area contributed by atoms with Crippen LogP contribution in [-0.2, 0) is 0 Å². The molecule has 2 aromatic rings. The van der Waals surface area contributed by atoms with E-state index in [2.05, 4.69) is 5.32 Å². The van der Waals surface area contributed by atoms with Crippen LogP contribution in [0.3, 0.4) is 0 Å². The van der Waals surface area contributed by atoms with Gasteiger partial charge in [0.25, 0.3) is 5.91 Å². The number of anilines is 1. The number of carbonyl (C=O) groups is 2. The minimum absolute atomic E-state index is 0.124. The number of carboxylic acid groups (broad SMARTS) is 1. The standard InChI is InChI=1S/C17H16ClNO4/c1-2-8-23-13-5-3-4-11(9-13)16(20)19-15-7-6-12(18)10-14(15)17(21)22/h3-7,9-10H,2,8H2,1H3,(H,19,20)(H,21,22)/p-1.